The highest BCUT2D eigenvalue weighted by Gasteiger charge is 2.35. The second-order valence-electron chi connectivity index (χ2n) is 20.4. The fourth-order valence-corrected chi connectivity index (χ4v) is 9.57. The minimum Gasteiger partial charge on any atom is -0.481 e. The normalized spacial score (nSPS) is 16.7. The first kappa shape index (κ1) is 64.6. The van der Waals surface area contributed by atoms with Gasteiger partial charge in [-0.25, -0.2) is 9.59 Å². The third-order valence-electron chi connectivity index (χ3n) is 13.8. The van der Waals surface area contributed by atoms with Gasteiger partial charge in [-0.15, -0.1) is 0 Å². The molecule has 2 unspecified atom stereocenters. The zero-order valence-electron chi connectivity index (χ0n) is 45.2. The number of amides is 8. The predicted octanol–water partition coefficient (Wildman–Crippen LogP) is 2.21. The van der Waals surface area contributed by atoms with E-state index in [2.05, 4.69) is 31.9 Å². The molecule has 24 nitrogen and oxygen atoms in total. The SMILES string of the molecule is O=C(O)C[C@H](NC(=O)CN1CCCC(NC(=O)CCCCCCCCCCCCCCC(=O)NC2CCCN(CC(=O)N[C@@H](CC(=O)O)C(=O)N[C@@H](Cc3ccccc3)C(=O)O)C2=O)C1=O)C(=O)N[C@@H](Cc1ccccc1)C(=O)O. The maximum atomic E-state index is 13.2. The van der Waals surface area contributed by atoms with Crippen LogP contribution in [0.1, 0.15) is 140 Å². The van der Waals surface area contributed by atoms with Crippen molar-refractivity contribution in [2.45, 2.75) is 178 Å². The van der Waals surface area contributed by atoms with E-state index in [4.69, 9.17) is 0 Å². The summed E-state index contributed by atoms with van der Waals surface area (Å²) >= 11 is 0. The van der Waals surface area contributed by atoms with Crippen LogP contribution in [0, 0.1) is 0 Å². The van der Waals surface area contributed by atoms with Gasteiger partial charge in [0.1, 0.15) is 36.3 Å². The minimum atomic E-state index is -1.61. The molecule has 10 N–H and O–H groups in total. The van der Waals surface area contributed by atoms with Gasteiger partial charge >= 0.3 is 23.9 Å². The monoisotopic (exact) mass is 1120 g/mol. The molecule has 2 heterocycles. The standard InChI is InChI=1S/C56H78N8O16/c65-45(57-39-25-19-29-63(53(39)75)35-47(67)59-41(33-49(69)70)51(73)61-43(55(77)78)31-37-21-13-11-14-22-37)27-17-9-7-5-3-1-2-4-6-8-10-18-28-46(66)58-40-26-20-30-64(54(40)76)36-48(68)60-42(34-50(71)72)52(74)62-44(56(79)80)32-38-23-15-12-16-24-38/h11-16,21-24,39-44H,1-10,17-20,25-36H2,(H,57,65)(H,58,66)(H,59,67)(H,60,68)(H,61,73)(H,62,74)(H,69,70)(H,71,72)(H,77,78)(H,79,80)/t39?,40?,41-,42-,43-,44-/m0/s1. The first-order chi connectivity index (χ1) is 38.3. The number of hydrogen-bond donors (Lipinski definition) is 10. The van der Waals surface area contributed by atoms with Gasteiger partial charge in [0.2, 0.25) is 47.3 Å². The Hall–Kier alpha value is -7.92. The molecular formula is C56H78N8O16. The number of carbonyl (C=O) groups excluding carboxylic acids is 8. The van der Waals surface area contributed by atoms with Gasteiger partial charge in [0.05, 0.1) is 25.9 Å². The van der Waals surface area contributed by atoms with E-state index in [1.54, 1.807) is 60.7 Å². The van der Waals surface area contributed by atoms with Crippen LogP contribution in [0.3, 0.4) is 0 Å². The number of benzene rings is 2. The molecule has 24 heteroatoms. The second-order valence-corrected chi connectivity index (χ2v) is 20.4. The molecule has 0 aliphatic carbocycles. The number of hydrogen-bond acceptors (Lipinski definition) is 12. The summed E-state index contributed by atoms with van der Waals surface area (Å²) in [4.78, 5) is 153. The number of carboxylic acid groups (broad SMARTS) is 4. The van der Waals surface area contributed by atoms with Crippen LogP contribution < -0.4 is 31.9 Å². The Morgan fingerprint density at radius 2 is 0.762 bits per heavy atom. The summed E-state index contributed by atoms with van der Waals surface area (Å²) in [6, 6.07) is 9.34. The number of carbonyl (C=O) groups is 12. The molecule has 2 aliphatic rings. The number of likely N-dealkylation sites (tertiary alicyclic amines) is 2. The molecule has 2 aliphatic heterocycles. The van der Waals surface area contributed by atoms with Crippen molar-refractivity contribution in [2.24, 2.45) is 0 Å². The van der Waals surface area contributed by atoms with Crippen molar-refractivity contribution in [3.05, 3.63) is 71.8 Å². The third-order valence-corrected chi connectivity index (χ3v) is 13.8. The fraction of sp³-hybridized carbons (Fsp3) is 0.571. The largest absolute Gasteiger partial charge is 0.481 e. The fourth-order valence-electron chi connectivity index (χ4n) is 9.57. The van der Waals surface area contributed by atoms with Gasteiger partial charge in [-0.2, -0.15) is 0 Å². The number of nitrogens with zero attached hydrogens (tertiary/aromatic N) is 2. The highest BCUT2D eigenvalue weighted by Crippen LogP contribution is 2.17. The molecule has 2 saturated heterocycles. The van der Waals surface area contributed by atoms with Gasteiger partial charge in [-0.3, -0.25) is 47.9 Å². The van der Waals surface area contributed by atoms with E-state index in [-0.39, 0.29) is 50.6 Å². The van der Waals surface area contributed by atoms with Crippen LogP contribution in [0.4, 0.5) is 0 Å². The van der Waals surface area contributed by atoms with Crippen LogP contribution in [0.25, 0.3) is 0 Å². The Morgan fingerprint density at radius 1 is 0.438 bits per heavy atom. The lowest BCUT2D eigenvalue weighted by molar-refractivity contribution is -0.145. The molecule has 8 amide bonds. The summed E-state index contributed by atoms with van der Waals surface area (Å²) in [6.07, 6.45) is 11.6. The van der Waals surface area contributed by atoms with Crippen molar-refractivity contribution in [2.75, 3.05) is 26.2 Å². The Kier molecular flexibility index (Phi) is 28.1. The Bertz CT molecular complexity index is 2260. The molecule has 0 spiro atoms. The number of piperidine rings is 2. The summed E-state index contributed by atoms with van der Waals surface area (Å²) in [6.45, 7) is -0.556. The Morgan fingerprint density at radius 3 is 1.07 bits per heavy atom. The molecule has 80 heavy (non-hydrogen) atoms. The van der Waals surface area contributed by atoms with Crippen LogP contribution in [0.15, 0.2) is 60.7 Å². The lowest BCUT2D eigenvalue weighted by atomic mass is 10.0. The van der Waals surface area contributed by atoms with Crippen LogP contribution in [0.5, 0.6) is 0 Å². The summed E-state index contributed by atoms with van der Waals surface area (Å²) in [5.41, 5.74) is 1.24. The van der Waals surface area contributed by atoms with Crippen molar-refractivity contribution in [3.8, 4) is 0 Å². The van der Waals surface area contributed by atoms with E-state index in [1.807, 2.05) is 0 Å². The van der Waals surface area contributed by atoms with Crippen LogP contribution in [0.2, 0.25) is 0 Å². The van der Waals surface area contributed by atoms with E-state index >= 15 is 0 Å². The van der Waals surface area contributed by atoms with E-state index in [0.29, 0.717) is 49.7 Å². The van der Waals surface area contributed by atoms with Gasteiger partial charge in [-0.05, 0) is 49.7 Å². The number of nitrogens with one attached hydrogen (secondary N) is 6. The summed E-state index contributed by atoms with van der Waals surface area (Å²) < 4.78 is 0. The molecule has 0 radical (unpaired) electrons. The molecule has 2 aromatic carbocycles. The first-order valence-corrected chi connectivity index (χ1v) is 27.6. The molecule has 438 valence electrons. The average molecular weight is 1120 g/mol. The number of carboxylic acids is 4. The van der Waals surface area contributed by atoms with E-state index in [1.165, 1.54) is 9.80 Å². The van der Waals surface area contributed by atoms with Gasteiger partial charge in [-0.1, -0.05) is 125 Å². The Labute approximate surface area is 464 Å². The second kappa shape index (κ2) is 34.9. The summed E-state index contributed by atoms with van der Waals surface area (Å²) in [7, 11) is 0. The average Bonchev–Trinajstić information content (AvgIpc) is 3.42. The van der Waals surface area contributed by atoms with E-state index < -0.39 is 122 Å². The van der Waals surface area contributed by atoms with Gasteiger partial charge in [0.15, 0.2) is 0 Å². The molecule has 0 saturated carbocycles. The number of rotatable bonds is 37. The van der Waals surface area contributed by atoms with Crippen molar-refractivity contribution >= 4 is 71.1 Å². The molecule has 2 aromatic rings. The maximum absolute atomic E-state index is 13.2. The molecule has 6 atom stereocenters. The van der Waals surface area contributed by atoms with Gasteiger partial charge < -0.3 is 62.1 Å². The first-order valence-electron chi connectivity index (χ1n) is 27.6. The predicted molar refractivity (Wildman–Crippen MR) is 288 cm³/mol. The van der Waals surface area contributed by atoms with Crippen LogP contribution >= 0.6 is 0 Å². The van der Waals surface area contributed by atoms with Gasteiger partial charge in [0.25, 0.3) is 0 Å². The zero-order valence-corrected chi connectivity index (χ0v) is 45.2. The van der Waals surface area contributed by atoms with Gasteiger partial charge in [0, 0.05) is 38.8 Å². The lowest BCUT2D eigenvalue weighted by Gasteiger charge is -2.32. The van der Waals surface area contributed by atoms with Crippen LogP contribution in [-0.4, -0.2) is 164 Å². The van der Waals surface area contributed by atoms with Crippen molar-refractivity contribution in [3.63, 3.8) is 0 Å². The maximum Gasteiger partial charge on any atom is 0.326 e. The molecule has 4 rings (SSSR count). The van der Waals surface area contributed by atoms with E-state index in [9.17, 15) is 78.0 Å². The van der Waals surface area contributed by atoms with Crippen LogP contribution in [-0.2, 0) is 70.4 Å². The summed E-state index contributed by atoms with van der Waals surface area (Å²) in [5.74, 6) is -10.6. The quantitative estimate of drug-likeness (QED) is 0.0434. The molecule has 2 fully saturated rings. The highest BCUT2D eigenvalue weighted by molar-refractivity contribution is 5.97. The zero-order chi connectivity index (χ0) is 58.4. The van der Waals surface area contributed by atoms with E-state index in [0.717, 1.165) is 64.2 Å². The van der Waals surface area contributed by atoms with Crippen molar-refractivity contribution in [1.29, 1.82) is 0 Å². The van der Waals surface area contributed by atoms with Crippen molar-refractivity contribution in [1.82, 2.24) is 41.7 Å². The lowest BCUT2D eigenvalue weighted by Crippen LogP contribution is -2.57. The third kappa shape index (κ3) is 24.4. The van der Waals surface area contributed by atoms with Crippen molar-refractivity contribution < 1.29 is 78.0 Å². The topological polar surface area (TPSA) is 364 Å². The number of aliphatic carboxylic acids is 4. The molecular weight excluding hydrogens is 1040 g/mol. The number of unbranched alkanes of at least 4 members (excludes halogenated alkanes) is 11. The smallest absolute Gasteiger partial charge is 0.326 e. The minimum absolute atomic E-state index is 0.0745. The molecule has 0 aromatic heterocycles. The Balaban J connectivity index is 1.02. The molecule has 0 bridgehead atoms. The summed E-state index contributed by atoms with van der Waals surface area (Å²) in [5, 5.41) is 53.0. The highest BCUT2D eigenvalue weighted by atomic mass is 16.4.